The van der Waals surface area contributed by atoms with Gasteiger partial charge in [0, 0.05) is 49.0 Å². The van der Waals surface area contributed by atoms with Gasteiger partial charge in [0.15, 0.2) is 0 Å². The number of carbonyl (C=O) groups excluding carboxylic acids is 1. The van der Waals surface area contributed by atoms with Crippen LogP contribution in [0, 0.1) is 0 Å². The second-order valence-electron chi connectivity index (χ2n) is 8.22. The quantitative estimate of drug-likeness (QED) is 0.648. The number of benzene rings is 1. The fourth-order valence-electron chi connectivity index (χ4n) is 4.57. The molecular formula is C23H32Cl3N5O. The van der Waals surface area contributed by atoms with E-state index in [4.69, 9.17) is 11.6 Å². The predicted octanol–water partition coefficient (Wildman–Crippen LogP) is 4.07. The van der Waals surface area contributed by atoms with Gasteiger partial charge in [-0.15, -0.1) is 24.8 Å². The first-order chi connectivity index (χ1) is 14.6. The van der Waals surface area contributed by atoms with E-state index in [0.717, 1.165) is 43.9 Å². The third kappa shape index (κ3) is 5.66. The number of rotatable bonds is 6. The van der Waals surface area contributed by atoms with Crippen LogP contribution in [0.15, 0.2) is 30.6 Å². The molecule has 1 aliphatic heterocycles. The maximum absolute atomic E-state index is 13.4. The molecule has 6 nitrogen and oxygen atoms in total. The number of aryl methyl sites for hydroxylation is 1. The first-order valence-corrected chi connectivity index (χ1v) is 11.3. The molecular weight excluding hydrogens is 469 g/mol. The van der Waals surface area contributed by atoms with Crippen molar-refractivity contribution in [3.05, 3.63) is 52.4 Å². The van der Waals surface area contributed by atoms with E-state index in [1.54, 1.807) is 6.33 Å². The van der Waals surface area contributed by atoms with Crippen molar-refractivity contribution in [2.75, 3.05) is 44.2 Å². The molecule has 1 aromatic carbocycles. The number of carbonyl (C=O) groups is 1. The Bertz CT molecular complexity index is 888. The van der Waals surface area contributed by atoms with E-state index >= 15 is 0 Å². The van der Waals surface area contributed by atoms with Crippen LogP contribution in [0.5, 0.6) is 0 Å². The standard InChI is InChI=1S/C23H30ClN5O.2ClH/c1-3-25-14-19(17-5-7-18(24)8-6-17)23(30)29-12-10-28(11-13-29)22-21-16(2)4-9-20(21)26-15-27-22;;/h5-8,15-16,19,25H,3-4,9-14H2,1-2H3;2*1H/t16-,19-;;/m1../s1. The van der Waals surface area contributed by atoms with Crippen molar-refractivity contribution in [2.45, 2.75) is 38.5 Å². The van der Waals surface area contributed by atoms with Crippen molar-refractivity contribution in [2.24, 2.45) is 0 Å². The molecule has 2 heterocycles. The number of halogens is 3. The third-order valence-electron chi connectivity index (χ3n) is 6.31. The van der Waals surface area contributed by atoms with Crippen LogP contribution in [-0.2, 0) is 11.2 Å². The molecule has 1 fully saturated rings. The minimum atomic E-state index is -0.197. The largest absolute Gasteiger partial charge is 0.353 e. The summed E-state index contributed by atoms with van der Waals surface area (Å²) in [7, 11) is 0. The number of hydrogen-bond donors (Lipinski definition) is 1. The highest BCUT2D eigenvalue weighted by Crippen LogP contribution is 2.37. The van der Waals surface area contributed by atoms with Crippen molar-refractivity contribution in [3.8, 4) is 0 Å². The van der Waals surface area contributed by atoms with Crippen molar-refractivity contribution < 1.29 is 4.79 Å². The summed E-state index contributed by atoms with van der Waals surface area (Å²) < 4.78 is 0. The molecule has 1 amide bonds. The van der Waals surface area contributed by atoms with Crippen molar-refractivity contribution in [1.82, 2.24) is 20.2 Å². The van der Waals surface area contributed by atoms with Crippen LogP contribution in [0.2, 0.25) is 5.02 Å². The van der Waals surface area contributed by atoms with Crippen LogP contribution in [0.1, 0.15) is 48.9 Å². The Morgan fingerprint density at radius 2 is 1.84 bits per heavy atom. The van der Waals surface area contributed by atoms with Gasteiger partial charge in [-0.3, -0.25) is 4.79 Å². The highest BCUT2D eigenvalue weighted by Gasteiger charge is 2.31. The number of anilines is 1. The van der Waals surface area contributed by atoms with Crippen LogP contribution in [-0.4, -0.2) is 60.0 Å². The molecule has 0 unspecified atom stereocenters. The zero-order valence-electron chi connectivity index (χ0n) is 18.6. The maximum Gasteiger partial charge on any atom is 0.231 e. The lowest BCUT2D eigenvalue weighted by Gasteiger charge is -2.38. The van der Waals surface area contributed by atoms with Gasteiger partial charge >= 0.3 is 0 Å². The lowest BCUT2D eigenvalue weighted by Crippen LogP contribution is -2.51. The van der Waals surface area contributed by atoms with Gasteiger partial charge in [-0.2, -0.15) is 0 Å². The molecule has 9 heteroatoms. The topological polar surface area (TPSA) is 61.4 Å². The number of likely N-dealkylation sites (N-methyl/N-ethyl adjacent to an activating group) is 1. The Morgan fingerprint density at radius 3 is 2.50 bits per heavy atom. The second-order valence-corrected chi connectivity index (χ2v) is 8.66. The van der Waals surface area contributed by atoms with Gasteiger partial charge in [-0.05, 0) is 43.0 Å². The molecule has 1 aliphatic carbocycles. The first-order valence-electron chi connectivity index (χ1n) is 10.9. The first kappa shape index (κ1) is 26.7. The molecule has 0 spiro atoms. The van der Waals surface area contributed by atoms with Gasteiger partial charge in [-0.25, -0.2) is 9.97 Å². The predicted molar refractivity (Wildman–Crippen MR) is 135 cm³/mol. The number of amides is 1. The number of fused-ring (bicyclic) bond motifs is 1. The van der Waals surface area contributed by atoms with Crippen LogP contribution >= 0.6 is 36.4 Å². The molecule has 32 heavy (non-hydrogen) atoms. The van der Waals surface area contributed by atoms with Crippen molar-refractivity contribution in [1.29, 1.82) is 0 Å². The summed E-state index contributed by atoms with van der Waals surface area (Å²) in [6.45, 7) is 8.81. The average molecular weight is 501 g/mol. The molecule has 1 N–H and O–H groups in total. The molecule has 2 aliphatic rings. The van der Waals surface area contributed by atoms with E-state index in [9.17, 15) is 4.79 Å². The summed E-state index contributed by atoms with van der Waals surface area (Å²) in [6, 6.07) is 7.64. The fraction of sp³-hybridized carbons (Fsp3) is 0.522. The van der Waals surface area contributed by atoms with Crippen LogP contribution in [0.3, 0.4) is 0 Å². The van der Waals surface area contributed by atoms with Gasteiger partial charge in [-0.1, -0.05) is 37.6 Å². The van der Waals surface area contributed by atoms with Crippen LogP contribution < -0.4 is 10.2 Å². The molecule has 1 aromatic heterocycles. The Labute approximate surface area is 208 Å². The monoisotopic (exact) mass is 499 g/mol. The molecule has 0 radical (unpaired) electrons. The van der Waals surface area contributed by atoms with Crippen molar-refractivity contribution in [3.63, 3.8) is 0 Å². The smallest absolute Gasteiger partial charge is 0.231 e. The molecule has 4 rings (SSSR count). The number of nitrogens with zero attached hydrogens (tertiary/aromatic N) is 4. The summed E-state index contributed by atoms with van der Waals surface area (Å²) in [5.74, 6) is 1.56. The number of hydrogen-bond acceptors (Lipinski definition) is 5. The van der Waals surface area contributed by atoms with Gasteiger partial charge in [0.05, 0.1) is 5.92 Å². The molecule has 0 bridgehead atoms. The molecule has 1 saturated heterocycles. The number of piperazine rings is 1. The number of aromatic nitrogens is 2. The molecule has 2 atom stereocenters. The minimum absolute atomic E-state index is 0. The lowest BCUT2D eigenvalue weighted by atomic mass is 9.97. The second kappa shape index (κ2) is 12.0. The highest BCUT2D eigenvalue weighted by atomic mass is 35.5. The van der Waals surface area contributed by atoms with Gasteiger partial charge in [0.1, 0.15) is 12.1 Å². The van der Waals surface area contributed by atoms with E-state index in [1.807, 2.05) is 29.2 Å². The van der Waals surface area contributed by atoms with Crippen LogP contribution in [0.4, 0.5) is 5.82 Å². The Balaban J connectivity index is 0.00000181. The Morgan fingerprint density at radius 1 is 1.16 bits per heavy atom. The maximum atomic E-state index is 13.4. The molecule has 176 valence electrons. The minimum Gasteiger partial charge on any atom is -0.353 e. The normalized spacial score (nSPS) is 18.4. The summed E-state index contributed by atoms with van der Waals surface area (Å²) in [5.41, 5.74) is 3.51. The number of nitrogens with one attached hydrogen (secondary N) is 1. The SMILES string of the molecule is CCNC[C@@H](C(=O)N1CCN(c2ncnc3c2[C@H](C)CC3)CC1)c1ccc(Cl)cc1.Cl.Cl. The lowest BCUT2D eigenvalue weighted by molar-refractivity contribution is -0.133. The molecule has 2 aromatic rings. The molecule has 0 saturated carbocycles. The zero-order chi connectivity index (χ0) is 21.1. The fourth-order valence-corrected chi connectivity index (χ4v) is 4.69. The third-order valence-corrected chi connectivity index (χ3v) is 6.56. The Kier molecular flexibility index (Phi) is 10.0. The Hall–Kier alpha value is -1.60. The average Bonchev–Trinajstić information content (AvgIpc) is 3.16. The van der Waals surface area contributed by atoms with Crippen LogP contribution in [0.25, 0.3) is 0 Å². The van der Waals surface area contributed by atoms with E-state index in [2.05, 4.69) is 34.0 Å². The summed E-state index contributed by atoms with van der Waals surface area (Å²) in [6.07, 6.45) is 3.88. The highest BCUT2D eigenvalue weighted by molar-refractivity contribution is 6.30. The summed E-state index contributed by atoms with van der Waals surface area (Å²) in [5, 5.41) is 4.03. The van der Waals surface area contributed by atoms with E-state index in [0.29, 0.717) is 30.6 Å². The van der Waals surface area contributed by atoms with Gasteiger partial charge < -0.3 is 15.1 Å². The van der Waals surface area contributed by atoms with E-state index < -0.39 is 0 Å². The van der Waals surface area contributed by atoms with Crippen molar-refractivity contribution >= 4 is 48.1 Å². The van der Waals surface area contributed by atoms with E-state index in [-0.39, 0.29) is 36.6 Å². The van der Waals surface area contributed by atoms with Gasteiger partial charge in [0.25, 0.3) is 0 Å². The summed E-state index contributed by atoms with van der Waals surface area (Å²) >= 11 is 6.05. The van der Waals surface area contributed by atoms with Gasteiger partial charge in [0.2, 0.25) is 5.91 Å². The zero-order valence-corrected chi connectivity index (χ0v) is 21.0. The summed E-state index contributed by atoms with van der Waals surface area (Å²) in [4.78, 5) is 26.8. The van der Waals surface area contributed by atoms with E-state index in [1.165, 1.54) is 11.3 Å².